The molecule has 1 radical (unpaired) electrons. The van der Waals surface area contributed by atoms with Crippen molar-refractivity contribution in [2.24, 2.45) is 11.8 Å². The highest BCUT2D eigenvalue weighted by molar-refractivity contribution is 5.38. The molecule has 0 fully saturated rings. The lowest BCUT2D eigenvalue weighted by atomic mass is 9.88. The van der Waals surface area contributed by atoms with Crippen LogP contribution in [-0.4, -0.2) is 12.6 Å². The zero-order chi connectivity index (χ0) is 9.56. The zero-order valence-corrected chi connectivity index (χ0v) is 8.46. The van der Waals surface area contributed by atoms with E-state index in [1.807, 2.05) is 6.92 Å². The first-order valence-electron chi connectivity index (χ1n) is 4.66. The van der Waals surface area contributed by atoms with Crippen LogP contribution in [0.1, 0.15) is 40.5 Å². The van der Waals surface area contributed by atoms with Gasteiger partial charge >= 0.3 is 6.47 Å². The summed E-state index contributed by atoms with van der Waals surface area (Å²) >= 11 is 0. The Hall–Kier alpha value is -0.530. The normalized spacial score (nSPS) is 18.0. The van der Waals surface area contributed by atoms with Crippen molar-refractivity contribution in [2.75, 3.05) is 0 Å². The summed E-state index contributed by atoms with van der Waals surface area (Å²) in [6.07, 6.45) is 2.36. The van der Waals surface area contributed by atoms with Gasteiger partial charge in [-0.2, -0.15) is 0 Å². The lowest BCUT2D eigenvalue weighted by Gasteiger charge is -2.23. The summed E-state index contributed by atoms with van der Waals surface area (Å²) in [5.74, 6) is 1.03. The van der Waals surface area contributed by atoms with Gasteiger partial charge in [-0.25, -0.2) is 4.79 Å². The molecule has 0 aliphatic heterocycles. The lowest BCUT2D eigenvalue weighted by Crippen LogP contribution is -2.23. The Morgan fingerprint density at radius 1 is 1.33 bits per heavy atom. The van der Waals surface area contributed by atoms with Gasteiger partial charge < -0.3 is 4.74 Å². The Morgan fingerprint density at radius 2 is 1.92 bits per heavy atom. The molecule has 3 atom stereocenters. The maximum Gasteiger partial charge on any atom is 0.417 e. The number of rotatable bonds is 6. The van der Waals surface area contributed by atoms with Crippen LogP contribution < -0.4 is 0 Å². The summed E-state index contributed by atoms with van der Waals surface area (Å²) < 4.78 is 4.77. The van der Waals surface area contributed by atoms with Crippen molar-refractivity contribution in [2.45, 2.75) is 46.6 Å². The highest BCUT2D eigenvalue weighted by atomic mass is 16.5. The Bertz CT molecular complexity index is 123. The maximum absolute atomic E-state index is 9.95. The predicted octanol–water partition coefficient (Wildman–Crippen LogP) is 2.53. The van der Waals surface area contributed by atoms with E-state index in [1.54, 1.807) is 0 Å². The van der Waals surface area contributed by atoms with Crippen molar-refractivity contribution in [1.29, 1.82) is 0 Å². The van der Waals surface area contributed by atoms with Crippen molar-refractivity contribution >= 4 is 6.47 Å². The first-order valence-corrected chi connectivity index (χ1v) is 4.66. The van der Waals surface area contributed by atoms with Crippen LogP contribution in [0.2, 0.25) is 0 Å². The number of carbonyl (C=O) groups excluding carboxylic acids is 1. The van der Waals surface area contributed by atoms with E-state index < -0.39 is 0 Å². The molecular weight excluding hydrogens is 152 g/mol. The first-order chi connectivity index (χ1) is 5.63. The van der Waals surface area contributed by atoms with Gasteiger partial charge in [0.05, 0.1) is 0 Å². The van der Waals surface area contributed by atoms with Gasteiger partial charge in [0.15, 0.2) is 0 Å². The molecule has 2 nitrogen and oxygen atoms in total. The molecule has 0 aliphatic rings. The predicted molar refractivity (Wildman–Crippen MR) is 49.5 cm³/mol. The highest BCUT2D eigenvalue weighted by Gasteiger charge is 2.19. The number of hydrogen-bond acceptors (Lipinski definition) is 2. The molecule has 0 bridgehead atoms. The van der Waals surface area contributed by atoms with Gasteiger partial charge in [-0.3, -0.25) is 0 Å². The molecule has 12 heavy (non-hydrogen) atoms. The fraction of sp³-hybridized carbons (Fsp3) is 0.900. The van der Waals surface area contributed by atoms with Crippen molar-refractivity contribution in [3.63, 3.8) is 0 Å². The van der Waals surface area contributed by atoms with Crippen LogP contribution in [0.4, 0.5) is 0 Å². The fourth-order valence-electron chi connectivity index (χ4n) is 1.36. The Kier molecular flexibility index (Phi) is 5.77. The summed E-state index contributed by atoms with van der Waals surface area (Å²) in [6, 6.07) is 0. The van der Waals surface area contributed by atoms with E-state index in [0.717, 1.165) is 0 Å². The largest absolute Gasteiger partial charge is 0.454 e. The lowest BCUT2D eigenvalue weighted by molar-refractivity contribution is 0.107. The molecule has 0 heterocycles. The van der Waals surface area contributed by atoms with E-state index in [9.17, 15) is 4.79 Å². The third kappa shape index (κ3) is 3.74. The molecule has 71 valence electrons. The second-order valence-electron chi connectivity index (χ2n) is 3.53. The van der Waals surface area contributed by atoms with Gasteiger partial charge in [-0.15, -0.1) is 0 Å². The summed E-state index contributed by atoms with van der Waals surface area (Å²) in [5, 5.41) is 0. The average molecular weight is 171 g/mol. The second-order valence-corrected chi connectivity index (χ2v) is 3.53. The molecule has 0 aromatic carbocycles. The SMILES string of the molecule is CCCC(C)C(C)C(C)O[C]=O. The average Bonchev–Trinajstić information content (AvgIpc) is 2.04. The molecule has 0 saturated carbocycles. The summed E-state index contributed by atoms with van der Waals surface area (Å²) in [7, 11) is 0. The van der Waals surface area contributed by atoms with Crippen LogP contribution in [-0.2, 0) is 9.53 Å². The summed E-state index contributed by atoms with van der Waals surface area (Å²) in [5.41, 5.74) is 0. The quantitative estimate of drug-likeness (QED) is 0.614. The van der Waals surface area contributed by atoms with E-state index in [1.165, 1.54) is 19.3 Å². The van der Waals surface area contributed by atoms with Gasteiger partial charge in [-0.05, 0) is 18.8 Å². The molecule has 3 unspecified atom stereocenters. The van der Waals surface area contributed by atoms with E-state index in [4.69, 9.17) is 4.74 Å². The zero-order valence-electron chi connectivity index (χ0n) is 8.46. The highest BCUT2D eigenvalue weighted by Crippen LogP contribution is 2.21. The molecule has 0 aromatic heterocycles. The van der Waals surface area contributed by atoms with E-state index >= 15 is 0 Å². The third-order valence-electron chi connectivity index (χ3n) is 2.62. The van der Waals surface area contributed by atoms with Gasteiger partial charge in [0, 0.05) is 0 Å². The minimum atomic E-state index is -0.0101. The van der Waals surface area contributed by atoms with Crippen molar-refractivity contribution in [3.05, 3.63) is 0 Å². The number of ether oxygens (including phenoxy) is 1. The molecule has 0 spiro atoms. The van der Waals surface area contributed by atoms with Crippen molar-refractivity contribution < 1.29 is 9.53 Å². The summed E-state index contributed by atoms with van der Waals surface area (Å²) in [4.78, 5) is 9.95. The van der Waals surface area contributed by atoms with Gasteiger partial charge in [0.2, 0.25) is 0 Å². The Balaban J connectivity index is 3.80. The molecule has 0 aliphatic carbocycles. The minimum Gasteiger partial charge on any atom is -0.454 e. The van der Waals surface area contributed by atoms with Crippen LogP contribution in [0.25, 0.3) is 0 Å². The van der Waals surface area contributed by atoms with Crippen LogP contribution in [0.15, 0.2) is 0 Å². The van der Waals surface area contributed by atoms with E-state index in [-0.39, 0.29) is 6.10 Å². The standard InChI is InChI=1S/C10H19O2/c1-5-6-8(2)9(3)10(4)12-7-11/h8-10H,5-6H2,1-4H3. The molecule has 0 amide bonds. The van der Waals surface area contributed by atoms with Crippen molar-refractivity contribution in [1.82, 2.24) is 0 Å². The second kappa shape index (κ2) is 6.04. The smallest absolute Gasteiger partial charge is 0.417 e. The van der Waals surface area contributed by atoms with Gasteiger partial charge in [0.1, 0.15) is 6.10 Å². The molecule has 0 N–H and O–H groups in total. The monoisotopic (exact) mass is 171 g/mol. The topological polar surface area (TPSA) is 26.3 Å². The maximum atomic E-state index is 9.95. The molecule has 0 saturated heterocycles. The molecular formula is C10H19O2. The van der Waals surface area contributed by atoms with Crippen LogP contribution in [0, 0.1) is 11.8 Å². The number of hydrogen-bond donors (Lipinski definition) is 0. The molecule has 0 aromatic rings. The van der Waals surface area contributed by atoms with Crippen LogP contribution in [0.3, 0.4) is 0 Å². The Morgan fingerprint density at radius 3 is 2.33 bits per heavy atom. The van der Waals surface area contributed by atoms with E-state index in [2.05, 4.69) is 20.8 Å². The summed E-state index contributed by atoms with van der Waals surface area (Å²) in [6.45, 7) is 9.89. The minimum absolute atomic E-state index is 0.0101. The third-order valence-corrected chi connectivity index (χ3v) is 2.62. The van der Waals surface area contributed by atoms with Crippen LogP contribution >= 0.6 is 0 Å². The van der Waals surface area contributed by atoms with Gasteiger partial charge in [0.25, 0.3) is 0 Å². The van der Waals surface area contributed by atoms with Gasteiger partial charge in [-0.1, -0.05) is 33.6 Å². The molecule has 2 heteroatoms. The van der Waals surface area contributed by atoms with E-state index in [0.29, 0.717) is 11.8 Å². The van der Waals surface area contributed by atoms with Crippen LogP contribution in [0.5, 0.6) is 0 Å². The van der Waals surface area contributed by atoms with Crippen molar-refractivity contribution in [3.8, 4) is 0 Å². The molecule has 0 rings (SSSR count). The fourth-order valence-corrected chi connectivity index (χ4v) is 1.36. The Labute approximate surface area is 75.3 Å². The first kappa shape index (κ1) is 11.5.